The molecule has 9 heteroatoms. The monoisotopic (exact) mass is 380 g/mol. The van der Waals surface area contributed by atoms with Crippen LogP contribution >= 0.6 is 0 Å². The van der Waals surface area contributed by atoms with Gasteiger partial charge in [0.05, 0.1) is 22.5 Å². The van der Waals surface area contributed by atoms with Crippen molar-refractivity contribution in [3.8, 4) is 0 Å². The number of fused-ring (bicyclic) bond motifs is 1. The molecule has 0 fully saturated rings. The Morgan fingerprint density at radius 1 is 0.926 bits per heavy atom. The number of aromatic nitrogens is 4. The molecule has 3 N–H and O–H groups in total. The molecular formula is C18H16N6O2S. The first-order valence-corrected chi connectivity index (χ1v) is 9.66. The molecule has 27 heavy (non-hydrogen) atoms. The fourth-order valence-corrected chi connectivity index (χ4v) is 3.52. The third-order valence-corrected chi connectivity index (χ3v) is 5.20. The Morgan fingerprint density at radius 3 is 2.41 bits per heavy atom. The van der Waals surface area contributed by atoms with Crippen LogP contribution in [0.5, 0.6) is 0 Å². The van der Waals surface area contributed by atoms with Crippen molar-refractivity contribution < 1.29 is 8.42 Å². The van der Waals surface area contributed by atoms with E-state index in [0.717, 1.165) is 22.5 Å². The van der Waals surface area contributed by atoms with Gasteiger partial charge in [0.25, 0.3) is 10.0 Å². The number of para-hydroxylation sites is 2. The first kappa shape index (κ1) is 17.0. The maximum absolute atomic E-state index is 12.4. The number of hydrogen-bond donors (Lipinski definition) is 3. The summed E-state index contributed by atoms with van der Waals surface area (Å²) in [5.74, 6) is 0.834. The average Bonchev–Trinajstić information content (AvgIpc) is 3.10. The molecule has 8 nitrogen and oxygen atoms in total. The van der Waals surface area contributed by atoms with Crippen molar-refractivity contribution in [2.45, 2.75) is 11.4 Å². The highest BCUT2D eigenvalue weighted by molar-refractivity contribution is 7.92. The average molecular weight is 380 g/mol. The molecule has 0 spiro atoms. The number of rotatable bonds is 6. The third kappa shape index (κ3) is 3.87. The van der Waals surface area contributed by atoms with Crippen LogP contribution in [0.2, 0.25) is 0 Å². The molecule has 0 bridgehead atoms. The van der Waals surface area contributed by atoms with E-state index in [9.17, 15) is 8.42 Å². The summed E-state index contributed by atoms with van der Waals surface area (Å²) < 4.78 is 27.1. The van der Waals surface area contributed by atoms with Gasteiger partial charge in [-0.05, 0) is 42.5 Å². The van der Waals surface area contributed by atoms with Gasteiger partial charge < -0.3 is 10.3 Å². The van der Waals surface area contributed by atoms with Gasteiger partial charge >= 0.3 is 0 Å². The molecule has 0 unspecified atom stereocenters. The summed E-state index contributed by atoms with van der Waals surface area (Å²) in [5, 5.41) is 3.22. The second-order valence-electron chi connectivity index (χ2n) is 5.76. The van der Waals surface area contributed by atoms with Crippen molar-refractivity contribution in [3.63, 3.8) is 0 Å². The second-order valence-corrected chi connectivity index (χ2v) is 7.44. The lowest BCUT2D eigenvalue weighted by Crippen LogP contribution is -2.14. The van der Waals surface area contributed by atoms with Crippen LogP contribution in [0.25, 0.3) is 11.0 Å². The van der Waals surface area contributed by atoms with Crippen LogP contribution in [0, 0.1) is 0 Å². The molecule has 2 aromatic carbocycles. The fourth-order valence-electron chi connectivity index (χ4n) is 2.56. The summed E-state index contributed by atoms with van der Waals surface area (Å²) in [7, 11) is -3.74. The largest absolute Gasteiger partial charge is 0.378 e. The lowest BCUT2D eigenvalue weighted by molar-refractivity contribution is 0.601. The smallest absolute Gasteiger partial charge is 0.264 e. The molecule has 2 aromatic heterocycles. The molecule has 0 radical (unpaired) electrons. The van der Waals surface area contributed by atoms with Gasteiger partial charge in [0.15, 0.2) is 0 Å². The van der Waals surface area contributed by atoms with E-state index in [2.05, 4.69) is 30.0 Å². The van der Waals surface area contributed by atoms with Gasteiger partial charge in [0.2, 0.25) is 5.95 Å². The number of H-pyrrole nitrogens is 1. The van der Waals surface area contributed by atoms with Crippen LogP contribution in [0.15, 0.2) is 71.9 Å². The number of aromatic amines is 1. The molecule has 0 aliphatic carbocycles. The number of anilines is 2. The second kappa shape index (κ2) is 7.04. The maximum Gasteiger partial charge on any atom is 0.264 e. The molecule has 0 amide bonds. The molecule has 2 heterocycles. The van der Waals surface area contributed by atoms with Gasteiger partial charge in [-0.15, -0.1) is 0 Å². The quantitative estimate of drug-likeness (QED) is 0.474. The predicted molar refractivity (Wildman–Crippen MR) is 103 cm³/mol. The normalized spacial score (nSPS) is 11.4. The highest BCUT2D eigenvalue weighted by atomic mass is 32.2. The summed E-state index contributed by atoms with van der Waals surface area (Å²) in [6, 6.07) is 15.8. The van der Waals surface area contributed by atoms with Crippen molar-refractivity contribution in [1.82, 2.24) is 19.9 Å². The highest BCUT2D eigenvalue weighted by Crippen LogP contribution is 2.17. The molecule has 0 saturated heterocycles. The molecule has 0 aliphatic rings. The molecule has 4 aromatic rings. The zero-order chi connectivity index (χ0) is 18.7. The Bertz CT molecular complexity index is 1120. The van der Waals surface area contributed by atoms with Crippen molar-refractivity contribution in [2.75, 3.05) is 10.0 Å². The summed E-state index contributed by atoms with van der Waals surface area (Å²) in [6.45, 7) is 0.497. The Labute approximate surface area is 155 Å². The summed E-state index contributed by atoms with van der Waals surface area (Å²) in [5.41, 5.74) is 2.67. The van der Waals surface area contributed by atoms with E-state index in [1.54, 1.807) is 18.2 Å². The molecule has 4 rings (SSSR count). The van der Waals surface area contributed by atoms with Crippen LogP contribution in [-0.2, 0) is 16.6 Å². The van der Waals surface area contributed by atoms with Gasteiger partial charge in [-0.2, -0.15) is 0 Å². The van der Waals surface area contributed by atoms with Crippen molar-refractivity contribution >= 4 is 32.7 Å². The summed E-state index contributed by atoms with van der Waals surface area (Å²) in [6.07, 6.45) is 2.94. The lowest BCUT2D eigenvalue weighted by atomic mass is 10.3. The molecule has 0 atom stereocenters. The minimum Gasteiger partial charge on any atom is -0.378 e. The fraction of sp³-hybridized carbons (Fsp3) is 0.0556. The van der Waals surface area contributed by atoms with Gasteiger partial charge in [-0.25, -0.2) is 28.1 Å². The Kier molecular flexibility index (Phi) is 4.43. The molecule has 136 valence electrons. The number of imidazole rings is 1. The van der Waals surface area contributed by atoms with Crippen LogP contribution in [-0.4, -0.2) is 28.4 Å². The molecular weight excluding hydrogens is 364 g/mol. The lowest BCUT2D eigenvalue weighted by Gasteiger charge is -2.08. The first-order chi connectivity index (χ1) is 13.1. The van der Waals surface area contributed by atoms with Crippen LogP contribution in [0.1, 0.15) is 5.82 Å². The Morgan fingerprint density at radius 2 is 1.67 bits per heavy atom. The minimum atomic E-state index is -3.74. The van der Waals surface area contributed by atoms with E-state index in [1.807, 2.05) is 24.3 Å². The Balaban J connectivity index is 1.44. The van der Waals surface area contributed by atoms with Gasteiger partial charge in [0.1, 0.15) is 5.82 Å². The highest BCUT2D eigenvalue weighted by Gasteiger charge is 2.15. The minimum absolute atomic E-state index is 0.0320. The van der Waals surface area contributed by atoms with E-state index in [0.29, 0.717) is 6.54 Å². The zero-order valence-electron chi connectivity index (χ0n) is 14.1. The number of nitrogens with zero attached hydrogens (tertiary/aromatic N) is 3. The number of nitrogens with one attached hydrogen (secondary N) is 3. The maximum atomic E-state index is 12.4. The van der Waals surface area contributed by atoms with E-state index in [-0.39, 0.29) is 10.8 Å². The van der Waals surface area contributed by atoms with Crippen LogP contribution < -0.4 is 10.0 Å². The topological polar surface area (TPSA) is 113 Å². The van der Waals surface area contributed by atoms with Gasteiger partial charge in [-0.3, -0.25) is 0 Å². The standard InChI is InChI=1S/C18H16N6O2S/c25-27(26,24-18-19-10-3-11-20-18)14-8-6-13(7-9-14)21-12-17-22-15-4-1-2-5-16(15)23-17/h1-11,21H,12H2,(H,22,23)(H,19,20,24). The predicted octanol–water partition coefficient (Wildman–Crippen LogP) is 2.77. The van der Waals surface area contributed by atoms with E-state index < -0.39 is 10.0 Å². The zero-order valence-corrected chi connectivity index (χ0v) is 14.9. The Hall–Kier alpha value is -3.46. The molecule has 0 aliphatic heterocycles. The van der Waals surface area contributed by atoms with Crippen molar-refractivity contribution in [1.29, 1.82) is 0 Å². The molecule has 0 saturated carbocycles. The van der Waals surface area contributed by atoms with Crippen molar-refractivity contribution in [3.05, 3.63) is 72.8 Å². The van der Waals surface area contributed by atoms with E-state index in [4.69, 9.17) is 0 Å². The first-order valence-electron chi connectivity index (χ1n) is 8.17. The van der Waals surface area contributed by atoms with Crippen LogP contribution in [0.4, 0.5) is 11.6 Å². The summed E-state index contributed by atoms with van der Waals surface area (Å²) in [4.78, 5) is 15.6. The van der Waals surface area contributed by atoms with E-state index >= 15 is 0 Å². The van der Waals surface area contributed by atoms with Crippen molar-refractivity contribution in [2.24, 2.45) is 0 Å². The number of sulfonamides is 1. The van der Waals surface area contributed by atoms with Crippen LogP contribution in [0.3, 0.4) is 0 Å². The number of benzene rings is 2. The van der Waals surface area contributed by atoms with Gasteiger partial charge in [-0.1, -0.05) is 12.1 Å². The van der Waals surface area contributed by atoms with E-state index in [1.165, 1.54) is 24.5 Å². The number of hydrogen-bond acceptors (Lipinski definition) is 6. The van der Waals surface area contributed by atoms with Gasteiger partial charge in [0, 0.05) is 18.1 Å². The summed E-state index contributed by atoms with van der Waals surface area (Å²) >= 11 is 0. The third-order valence-electron chi connectivity index (χ3n) is 3.85. The SMILES string of the molecule is O=S(=O)(Nc1ncccn1)c1ccc(NCc2nc3ccccc3[nH]2)cc1.